The molecule has 0 heterocycles. The quantitative estimate of drug-likeness (QED) is 0.194. The lowest BCUT2D eigenvalue weighted by atomic mass is 9.96. The van der Waals surface area contributed by atoms with Crippen LogP contribution in [0.1, 0.15) is 58.9 Å². The number of carbonyl (C=O) groups excluding carboxylic acids is 2. The molecule has 0 fully saturated rings. The lowest BCUT2D eigenvalue weighted by molar-refractivity contribution is -0.127. The van der Waals surface area contributed by atoms with E-state index in [9.17, 15) is 18.0 Å². The Morgan fingerprint density at radius 3 is 2.00 bits per heavy atom. The molecule has 0 saturated heterocycles. The van der Waals surface area contributed by atoms with Crippen molar-refractivity contribution in [2.24, 2.45) is 0 Å². The fourth-order valence-corrected chi connectivity index (χ4v) is 5.50. The van der Waals surface area contributed by atoms with Gasteiger partial charge in [-0.15, -0.1) is 0 Å². The van der Waals surface area contributed by atoms with Crippen LogP contribution in [0.25, 0.3) is 6.08 Å². The van der Waals surface area contributed by atoms with E-state index in [2.05, 4.69) is 16.6 Å². The zero-order valence-corrected chi connectivity index (χ0v) is 25.7. The van der Waals surface area contributed by atoms with Crippen molar-refractivity contribution >= 4 is 33.6 Å². The number of nitrogens with zero attached hydrogens (tertiary/aromatic N) is 1. The Morgan fingerprint density at radius 1 is 0.791 bits per heavy atom. The fourth-order valence-electron chi connectivity index (χ4n) is 4.43. The van der Waals surface area contributed by atoms with Gasteiger partial charge in [0.2, 0.25) is 0 Å². The van der Waals surface area contributed by atoms with Crippen LogP contribution in [0.15, 0.2) is 108 Å². The van der Waals surface area contributed by atoms with Crippen LogP contribution >= 0.6 is 0 Å². The third-order valence-corrected chi connectivity index (χ3v) is 8.00. The molecule has 0 spiro atoms. The van der Waals surface area contributed by atoms with Gasteiger partial charge in [0.1, 0.15) is 0 Å². The minimum atomic E-state index is -4.02. The minimum absolute atomic E-state index is 0.0751. The molecule has 0 aliphatic carbocycles. The molecule has 1 N–H and O–H groups in total. The summed E-state index contributed by atoms with van der Waals surface area (Å²) in [6.45, 7) is 8.93. The molecule has 0 unspecified atom stereocenters. The van der Waals surface area contributed by atoms with Gasteiger partial charge in [0, 0.05) is 17.2 Å². The number of nitrogens with one attached hydrogen (secondary N) is 1. The van der Waals surface area contributed by atoms with Crippen molar-refractivity contribution in [1.29, 1.82) is 0 Å². The summed E-state index contributed by atoms with van der Waals surface area (Å²) in [5.41, 5.74) is 2.53. The number of benzene rings is 4. The summed E-state index contributed by atoms with van der Waals surface area (Å²) in [7, 11) is -4.02. The largest absolute Gasteiger partial charge is 0.278 e. The Bertz CT molecular complexity index is 1830. The summed E-state index contributed by atoms with van der Waals surface area (Å²) in [6, 6.07) is 28.2. The van der Waals surface area contributed by atoms with Crippen molar-refractivity contribution in [3.05, 3.63) is 137 Å². The van der Waals surface area contributed by atoms with Gasteiger partial charge in [-0.25, -0.2) is 8.42 Å². The summed E-state index contributed by atoms with van der Waals surface area (Å²) < 4.78 is 29.5. The minimum Gasteiger partial charge on any atom is -0.278 e. The van der Waals surface area contributed by atoms with Crippen molar-refractivity contribution in [3.8, 4) is 11.8 Å². The van der Waals surface area contributed by atoms with Gasteiger partial charge in [-0.05, 0) is 82.2 Å². The highest BCUT2D eigenvalue weighted by molar-refractivity contribution is 7.92. The van der Waals surface area contributed by atoms with E-state index in [0.717, 1.165) is 11.1 Å². The molecule has 0 aliphatic heterocycles. The zero-order chi connectivity index (χ0) is 31.2. The van der Waals surface area contributed by atoms with Crippen LogP contribution in [0.4, 0.5) is 5.69 Å². The van der Waals surface area contributed by atoms with Crippen molar-refractivity contribution in [2.75, 3.05) is 4.72 Å². The second-order valence-corrected chi connectivity index (χ2v) is 12.8. The molecule has 0 atom stereocenters. The van der Waals surface area contributed by atoms with E-state index in [1.165, 1.54) is 23.1 Å². The standard InChI is InChI=1S/C36H34N2O4S/c1-26-16-21-30(22-17-26)43(41,42)37-32-24-18-27(2)34(31(32)23-19-28-12-8-6-9-13-28)35(40)38(36(3,4)5)33(39)25-20-29-14-10-7-11-15-29/h6-18,20-22,24-25,37H,1-5H3/b25-20+. The zero-order valence-electron chi connectivity index (χ0n) is 24.9. The topological polar surface area (TPSA) is 83.6 Å². The van der Waals surface area contributed by atoms with Crippen LogP contribution in [0.3, 0.4) is 0 Å². The van der Waals surface area contributed by atoms with E-state index < -0.39 is 27.4 Å². The van der Waals surface area contributed by atoms with Crippen LogP contribution < -0.4 is 4.72 Å². The van der Waals surface area contributed by atoms with Crippen molar-refractivity contribution < 1.29 is 18.0 Å². The second-order valence-electron chi connectivity index (χ2n) is 11.1. The number of sulfonamides is 1. The average molecular weight is 591 g/mol. The first-order valence-electron chi connectivity index (χ1n) is 13.8. The molecule has 0 radical (unpaired) electrons. The lowest BCUT2D eigenvalue weighted by Crippen LogP contribution is -2.49. The highest BCUT2D eigenvalue weighted by atomic mass is 32.2. The van der Waals surface area contributed by atoms with Crippen molar-refractivity contribution in [2.45, 2.75) is 45.1 Å². The molecule has 0 aromatic heterocycles. The number of rotatable bonds is 6. The van der Waals surface area contributed by atoms with Crippen LogP contribution in [-0.2, 0) is 14.8 Å². The summed E-state index contributed by atoms with van der Waals surface area (Å²) in [5.74, 6) is 5.02. The number of anilines is 1. The summed E-state index contributed by atoms with van der Waals surface area (Å²) in [6.07, 6.45) is 3.02. The Kier molecular flexibility index (Phi) is 9.33. The van der Waals surface area contributed by atoms with Gasteiger partial charge in [0.15, 0.2) is 0 Å². The van der Waals surface area contributed by atoms with E-state index in [0.29, 0.717) is 11.1 Å². The molecule has 0 saturated carbocycles. The molecular weight excluding hydrogens is 556 g/mol. The molecule has 0 aliphatic rings. The molecule has 2 amide bonds. The molecule has 218 valence electrons. The number of imide groups is 1. The van der Waals surface area contributed by atoms with Gasteiger partial charge in [-0.2, -0.15) is 0 Å². The molecule has 7 heteroatoms. The van der Waals surface area contributed by atoms with Crippen LogP contribution in [0.5, 0.6) is 0 Å². The van der Waals surface area contributed by atoms with E-state index in [1.807, 2.05) is 67.6 Å². The predicted octanol–water partition coefficient (Wildman–Crippen LogP) is 6.98. The predicted molar refractivity (Wildman–Crippen MR) is 172 cm³/mol. The fraction of sp³-hybridized carbons (Fsp3) is 0.167. The Balaban J connectivity index is 1.86. The monoisotopic (exact) mass is 590 g/mol. The van der Waals surface area contributed by atoms with E-state index >= 15 is 0 Å². The lowest BCUT2D eigenvalue weighted by Gasteiger charge is -2.34. The van der Waals surface area contributed by atoms with Crippen LogP contribution in [0.2, 0.25) is 0 Å². The summed E-state index contributed by atoms with van der Waals surface area (Å²) in [5, 5.41) is 0. The van der Waals surface area contributed by atoms with E-state index in [1.54, 1.807) is 58.0 Å². The maximum Gasteiger partial charge on any atom is 0.262 e. The van der Waals surface area contributed by atoms with Gasteiger partial charge >= 0.3 is 0 Å². The number of hydrogen-bond acceptors (Lipinski definition) is 4. The van der Waals surface area contributed by atoms with Gasteiger partial charge in [0.25, 0.3) is 21.8 Å². The van der Waals surface area contributed by atoms with Crippen molar-refractivity contribution in [3.63, 3.8) is 0 Å². The molecule has 6 nitrogen and oxygen atoms in total. The third-order valence-electron chi connectivity index (χ3n) is 6.62. The first kappa shape index (κ1) is 31.0. The van der Waals surface area contributed by atoms with Gasteiger partial charge < -0.3 is 0 Å². The highest BCUT2D eigenvalue weighted by Crippen LogP contribution is 2.29. The maximum atomic E-state index is 14.3. The normalized spacial score (nSPS) is 11.5. The molecule has 43 heavy (non-hydrogen) atoms. The van der Waals surface area contributed by atoms with Gasteiger partial charge in [-0.1, -0.05) is 84.1 Å². The molecular formula is C36H34N2O4S. The third kappa shape index (κ3) is 7.68. The van der Waals surface area contributed by atoms with Crippen LogP contribution in [-0.4, -0.2) is 30.7 Å². The molecule has 4 aromatic rings. The van der Waals surface area contributed by atoms with Gasteiger partial charge in [-0.3, -0.25) is 19.2 Å². The average Bonchev–Trinajstić information content (AvgIpc) is 2.96. The Labute approximate surface area is 254 Å². The first-order chi connectivity index (χ1) is 20.4. The van der Waals surface area contributed by atoms with E-state index in [-0.39, 0.29) is 21.7 Å². The summed E-state index contributed by atoms with van der Waals surface area (Å²) >= 11 is 0. The number of carbonyl (C=O) groups is 2. The number of hydrogen-bond donors (Lipinski definition) is 1. The second kappa shape index (κ2) is 12.9. The molecule has 4 rings (SSSR count). The van der Waals surface area contributed by atoms with Gasteiger partial charge in [0.05, 0.1) is 21.7 Å². The van der Waals surface area contributed by atoms with Crippen LogP contribution in [0, 0.1) is 25.7 Å². The SMILES string of the molecule is Cc1ccc(S(=O)(=O)Nc2ccc(C)c(C(=O)N(C(=O)/C=C/c3ccccc3)C(C)(C)C)c2C#Cc2ccccc2)cc1. The van der Waals surface area contributed by atoms with Crippen molar-refractivity contribution in [1.82, 2.24) is 4.90 Å². The Morgan fingerprint density at radius 2 is 1.40 bits per heavy atom. The van der Waals surface area contributed by atoms with E-state index in [4.69, 9.17) is 0 Å². The first-order valence-corrected chi connectivity index (χ1v) is 15.3. The highest BCUT2D eigenvalue weighted by Gasteiger charge is 2.34. The number of amides is 2. The maximum absolute atomic E-state index is 14.3. The summed E-state index contributed by atoms with van der Waals surface area (Å²) in [4.78, 5) is 29.2. The molecule has 4 aromatic carbocycles. The Hall–Kier alpha value is -4.93. The smallest absolute Gasteiger partial charge is 0.262 e. The number of aryl methyl sites for hydroxylation is 2. The molecule has 0 bridgehead atoms.